The molecule has 11 rings (SSSR count). The van der Waals surface area contributed by atoms with Crippen LogP contribution in [0, 0.1) is 0 Å². The smallest absolute Gasteiger partial charge is 0.0725 e. The largest absolute Gasteiger partial charge is 0.310 e. The van der Waals surface area contributed by atoms with Gasteiger partial charge < -0.3 is 4.90 Å². The lowest BCUT2D eigenvalue weighted by molar-refractivity contribution is 0.794. The van der Waals surface area contributed by atoms with Gasteiger partial charge in [-0.05, 0) is 108 Å². The van der Waals surface area contributed by atoms with Crippen molar-refractivity contribution < 1.29 is 45.2 Å². The first-order valence-corrected chi connectivity index (χ1v) is 15.4. The summed E-state index contributed by atoms with van der Waals surface area (Å²) in [5.74, 6) is 0. The number of benzene rings is 9. The Bertz CT molecular complexity index is 4620. The molecule has 1 spiro atoms. The summed E-state index contributed by atoms with van der Waals surface area (Å²) in [6.07, 6.45) is 0. The van der Waals surface area contributed by atoms with Crippen LogP contribution >= 0.6 is 0 Å². The Kier molecular flexibility index (Phi) is 2.45. The van der Waals surface area contributed by atoms with E-state index in [1.807, 2.05) is 0 Å². The molecule has 0 fully saturated rings. The van der Waals surface area contributed by atoms with Crippen LogP contribution in [0.25, 0.3) is 54.9 Å². The number of hydrogen-bond acceptors (Lipinski definition) is 1. The van der Waals surface area contributed by atoms with Gasteiger partial charge in [-0.3, -0.25) is 0 Å². The highest BCUT2D eigenvalue weighted by atomic mass is 15.1. The average Bonchev–Trinajstić information content (AvgIpc) is 1.52. The average molecular weight is 693 g/mol. The summed E-state index contributed by atoms with van der Waals surface area (Å²) < 4.78 is 303. The molecule has 1 nitrogen and oxygen atoms in total. The molecule has 0 N–H and O–H groups in total. The minimum Gasteiger partial charge on any atom is -0.310 e. The van der Waals surface area contributed by atoms with Gasteiger partial charge in [0.25, 0.3) is 0 Å². The van der Waals surface area contributed by atoms with Crippen molar-refractivity contribution in [1.82, 2.24) is 0 Å². The second kappa shape index (κ2) is 11.2. The second-order valence-corrected chi connectivity index (χ2v) is 11.5. The normalized spacial score (nSPS) is 22.0. The van der Waals surface area contributed by atoms with E-state index in [0.29, 0.717) is 4.90 Å². The summed E-state index contributed by atoms with van der Waals surface area (Å²) in [7, 11) is 0. The van der Waals surface area contributed by atoms with E-state index in [9.17, 15) is 21.9 Å². The molecule has 0 aliphatic heterocycles. The van der Waals surface area contributed by atoms with Gasteiger partial charge in [0, 0.05) is 16.8 Å². The second-order valence-electron chi connectivity index (χ2n) is 11.5. The maximum Gasteiger partial charge on any atom is 0.0725 e. The van der Waals surface area contributed by atoms with Crippen LogP contribution in [0.15, 0.2) is 199 Å². The van der Waals surface area contributed by atoms with Crippen LogP contribution in [-0.2, 0) is 5.41 Å². The Morgan fingerprint density at radius 2 is 0.865 bits per heavy atom. The Hall–Kier alpha value is -6.70. The molecule has 9 aromatic carbocycles. The van der Waals surface area contributed by atoms with Crippen LogP contribution in [0.1, 0.15) is 67.5 Å². The summed E-state index contributed by atoms with van der Waals surface area (Å²) in [6, 6.07) is -34.7. The molecule has 0 amide bonds. The zero-order valence-electron chi connectivity index (χ0n) is 58.9. The minimum absolute atomic E-state index is 0.374. The number of rotatable bonds is 4. The van der Waals surface area contributed by atoms with E-state index in [0.717, 1.165) is 0 Å². The molecule has 0 atom stereocenters. The van der Waals surface area contributed by atoms with E-state index in [-0.39, 0.29) is 0 Å². The number of fused-ring (bicyclic) bond motifs is 12. The van der Waals surface area contributed by atoms with Crippen molar-refractivity contribution in [2.45, 2.75) is 5.41 Å². The summed E-state index contributed by atoms with van der Waals surface area (Å²) >= 11 is 0. The first-order valence-electron chi connectivity index (χ1n) is 31.9. The third-order valence-electron chi connectivity index (χ3n) is 8.94. The predicted molar refractivity (Wildman–Crippen MR) is 218 cm³/mol. The molecule has 242 valence electrons. The van der Waals surface area contributed by atoms with E-state index in [2.05, 4.69) is 0 Å². The molecule has 0 saturated heterocycles. The molecule has 0 bridgehead atoms. The molecule has 0 aromatic heterocycles. The summed E-state index contributed by atoms with van der Waals surface area (Å²) in [5, 5.41) is -3.14. The Labute approximate surface area is 350 Å². The zero-order chi connectivity index (χ0) is 62.9. The van der Waals surface area contributed by atoms with Crippen molar-refractivity contribution in [1.29, 1.82) is 0 Å². The molecule has 0 heterocycles. The minimum atomic E-state index is -2.90. The van der Waals surface area contributed by atoms with Gasteiger partial charge in [0.05, 0.1) is 56.3 Å². The standard InChI is InChI=1S/C51H33N/c1-2-14-37-32-40(30-26-34(37)12-1)52(50-23-11-15-36-13-3-4-16-41(36)50)39-28-24-35(25-29-39)38-27-31-45-44-19-7-10-22-48(44)51(49(45)33-38)46-20-8-5-17-42(46)43-18-6-9-21-47(43)51/h1-33H/i1D,2D,3D,4D,5D,6D,7D,8D,9D,10D,11D,12D,13D,14D,15D,16D,17D,18D,19D,20D,21D,22D,23D,24D,25D,26D,27D,28D,29D,30D,31D,32D,33D. The number of anilines is 3. The SMILES string of the molecule is [2H]c1c([2H])c([2H])c2c(c1[2H])-c1c([2H])c([2H])c([2H])c([2H])c1C21c2c([2H])c([2H])c([2H])c([2H])c2-c2c([2H])c([2H])c(-c3c([2H])c([2H])c(N(c4c([2H])c([2H])c5c([2H])c([2H])c([2H])c([2H])c5c4[2H])c4c([2H])c([2H])c([2H])c5c([2H])c([2H])c([2H])c([2H])c45)c([2H])c3[2H])c([2H])c21. The lowest BCUT2D eigenvalue weighted by atomic mass is 9.70. The Morgan fingerprint density at radius 3 is 1.56 bits per heavy atom. The lowest BCUT2D eigenvalue weighted by Crippen LogP contribution is -2.25. The first-order chi connectivity index (χ1) is 39.5. The van der Waals surface area contributed by atoms with Crippen LogP contribution in [0.2, 0.25) is 0 Å². The van der Waals surface area contributed by atoms with E-state index < -0.39 is 299 Å². The van der Waals surface area contributed by atoms with Crippen LogP contribution in [-0.4, -0.2) is 0 Å². The Morgan fingerprint density at radius 1 is 0.346 bits per heavy atom. The third kappa shape index (κ3) is 4.05. The van der Waals surface area contributed by atoms with Crippen LogP contribution in [0.4, 0.5) is 17.1 Å². The highest BCUT2D eigenvalue weighted by Gasteiger charge is 2.51. The summed E-state index contributed by atoms with van der Waals surface area (Å²) in [4.78, 5) is 0.374. The van der Waals surface area contributed by atoms with Crippen molar-refractivity contribution in [3.8, 4) is 33.4 Å². The van der Waals surface area contributed by atoms with Gasteiger partial charge in [0.2, 0.25) is 0 Å². The van der Waals surface area contributed by atoms with Gasteiger partial charge in [-0.15, -0.1) is 0 Å². The van der Waals surface area contributed by atoms with Gasteiger partial charge in [-0.2, -0.15) is 0 Å². The highest BCUT2D eigenvalue weighted by molar-refractivity contribution is 6.01. The third-order valence-corrected chi connectivity index (χ3v) is 8.94. The van der Waals surface area contributed by atoms with Gasteiger partial charge in [-0.25, -0.2) is 0 Å². The van der Waals surface area contributed by atoms with E-state index in [4.69, 9.17) is 23.3 Å². The lowest BCUT2D eigenvalue weighted by Gasteiger charge is -2.30. The summed E-state index contributed by atoms with van der Waals surface area (Å²) in [6.45, 7) is 0. The van der Waals surface area contributed by atoms with Crippen LogP contribution < -0.4 is 4.90 Å². The topological polar surface area (TPSA) is 3.24 Å². The number of hydrogen-bond donors (Lipinski definition) is 0. The Balaban J connectivity index is 1.35. The van der Waals surface area contributed by atoms with Gasteiger partial charge in [-0.1, -0.05) is 163 Å². The molecule has 0 radical (unpaired) electrons. The molecular formula is C51H33N. The molecule has 2 aliphatic rings. The fraction of sp³-hybridized carbons (Fsp3) is 0.0196. The van der Waals surface area contributed by atoms with Crippen LogP contribution in [0.3, 0.4) is 0 Å². The molecule has 0 unspecified atom stereocenters. The number of nitrogens with zero attached hydrogens (tertiary/aromatic N) is 1. The van der Waals surface area contributed by atoms with Crippen LogP contribution in [0.5, 0.6) is 0 Å². The molecule has 2 aliphatic carbocycles. The molecule has 0 saturated carbocycles. The summed E-state index contributed by atoms with van der Waals surface area (Å²) in [5.41, 5.74) is -13.8. The van der Waals surface area contributed by atoms with Crippen molar-refractivity contribution >= 4 is 38.6 Å². The monoisotopic (exact) mass is 692 g/mol. The molecule has 9 aromatic rings. The maximum atomic E-state index is 10.3. The highest BCUT2D eigenvalue weighted by Crippen LogP contribution is 2.63. The molecule has 52 heavy (non-hydrogen) atoms. The van der Waals surface area contributed by atoms with E-state index in [1.54, 1.807) is 0 Å². The van der Waals surface area contributed by atoms with Crippen molar-refractivity contribution in [3.63, 3.8) is 0 Å². The van der Waals surface area contributed by atoms with Crippen molar-refractivity contribution in [2.24, 2.45) is 0 Å². The van der Waals surface area contributed by atoms with Gasteiger partial charge >= 0.3 is 0 Å². The van der Waals surface area contributed by atoms with E-state index in [1.165, 1.54) is 0 Å². The molecular weight excluding hydrogens is 627 g/mol. The zero-order valence-corrected chi connectivity index (χ0v) is 25.9. The molecule has 1 heteroatoms. The first kappa shape index (κ1) is 11.4. The van der Waals surface area contributed by atoms with Crippen molar-refractivity contribution in [2.75, 3.05) is 4.90 Å². The quantitative estimate of drug-likeness (QED) is 0.177. The van der Waals surface area contributed by atoms with Gasteiger partial charge in [0.1, 0.15) is 0 Å². The fourth-order valence-corrected chi connectivity index (χ4v) is 6.82. The maximum absolute atomic E-state index is 10.3. The predicted octanol–water partition coefficient (Wildman–Crippen LogP) is 13.5. The fourth-order valence-electron chi connectivity index (χ4n) is 6.82. The van der Waals surface area contributed by atoms with Crippen molar-refractivity contribution in [3.05, 3.63) is 222 Å². The van der Waals surface area contributed by atoms with Gasteiger partial charge in [0.15, 0.2) is 0 Å². The van der Waals surface area contributed by atoms with E-state index >= 15 is 0 Å².